The second kappa shape index (κ2) is 6.48. The summed E-state index contributed by atoms with van der Waals surface area (Å²) in [5, 5.41) is 2.44. The number of esters is 1. The van der Waals surface area contributed by atoms with Gasteiger partial charge in [0.05, 0.1) is 18.9 Å². The summed E-state index contributed by atoms with van der Waals surface area (Å²) in [5.74, 6) is -1.73. The smallest absolute Gasteiger partial charge is 0.320 e. The predicted octanol–water partition coefficient (Wildman–Crippen LogP) is 0.927. The van der Waals surface area contributed by atoms with Gasteiger partial charge in [-0.15, -0.1) is 0 Å². The Morgan fingerprint density at radius 1 is 1.65 bits per heavy atom. The number of ether oxygens (including phenoxy) is 1. The summed E-state index contributed by atoms with van der Waals surface area (Å²) in [7, 11) is 1.26. The van der Waals surface area contributed by atoms with Crippen molar-refractivity contribution in [2.75, 3.05) is 13.7 Å². The van der Waals surface area contributed by atoms with Gasteiger partial charge < -0.3 is 10.1 Å². The number of aromatic nitrogens is 1. The van der Waals surface area contributed by atoms with Gasteiger partial charge in [0.2, 0.25) is 0 Å². The molecule has 0 aromatic carbocycles. The van der Waals surface area contributed by atoms with Crippen molar-refractivity contribution in [3.05, 3.63) is 29.8 Å². The van der Waals surface area contributed by atoms with E-state index in [1.807, 2.05) is 22.6 Å². The second-order valence-corrected chi connectivity index (χ2v) is 4.56. The third-order valence-electron chi connectivity index (χ3n) is 1.92. The van der Waals surface area contributed by atoms with Crippen LogP contribution >= 0.6 is 22.6 Å². The van der Waals surface area contributed by atoms with Crippen LogP contribution in [-0.4, -0.2) is 34.4 Å². The fourth-order valence-corrected chi connectivity index (χ4v) is 1.52. The molecule has 1 amide bonds. The Balaban J connectivity index is 2.57. The topological polar surface area (TPSA) is 68.3 Å². The summed E-state index contributed by atoms with van der Waals surface area (Å²) in [5.41, 5.74) is -0.103. The highest BCUT2D eigenvalue weighted by atomic mass is 127. The lowest BCUT2D eigenvalue weighted by Gasteiger charge is -2.09. The lowest BCUT2D eigenvalue weighted by atomic mass is 10.2. The van der Waals surface area contributed by atoms with Crippen LogP contribution in [0.25, 0.3) is 0 Å². The van der Waals surface area contributed by atoms with E-state index in [-0.39, 0.29) is 12.1 Å². The zero-order chi connectivity index (χ0) is 12.8. The van der Waals surface area contributed by atoms with Crippen molar-refractivity contribution in [3.63, 3.8) is 0 Å². The van der Waals surface area contributed by atoms with E-state index in [2.05, 4.69) is 15.0 Å². The van der Waals surface area contributed by atoms with Gasteiger partial charge in [0, 0.05) is 12.7 Å². The average molecular weight is 352 g/mol. The molecule has 0 aliphatic rings. The van der Waals surface area contributed by atoms with Gasteiger partial charge in [0.15, 0.2) is 5.82 Å². The molecular formula is C10H10FIN2O3. The first kappa shape index (κ1) is 13.8. The Morgan fingerprint density at radius 2 is 2.35 bits per heavy atom. The Morgan fingerprint density at radius 3 is 2.94 bits per heavy atom. The first-order chi connectivity index (χ1) is 8.06. The van der Waals surface area contributed by atoms with Gasteiger partial charge in [-0.05, 0) is 6.07 Å². The number of nitrogens with one attached hydrogen (secondary N) is 1. The highest BCUT2D eigenvalue weighted by Gasteiger charge is 2.17. The van der Waals surface area contributed by atoms with Crippen LogP contribution in [0.2, 0.25) is 0 Å². The van der Waals surface area contributed by atoms with E-state index in [4.69, 9.17) is 0 Å². The second-order valence-electron chi connectivity index (χ2n) is 3.06. The minimum atomic E-state index is -0.701. The normalized spacial score (nSPS) is 11.7. The van der Waals surface area contributed by atoms with Gasteiger partial charge in [-0.25, -0.2) is 4.39 Å². The number of carbonyl (C=O) groups excluding carboxylic acids is 2. The first-order valence-electron chi connectivity index (χ1n) is 4.66. The van der Waals surface area contributed by atoms with Crippen LogP contribution in [0.3, 0.4) is 0 Å². The van der Waals surface area contributed by atoms with Crippen LogP contribution in [0.1, 0.15) is 10.4 Å². The number of hydrogen-bond donors (Lipinski definition) is 1. The molecule has 0 spiro atoms. The van der Waals surface area contributed by atoms with Crippen LogP contribution in [0.5, 0.6) is 0 Å². The average Bonchev–Trinajstić information content (AvgIpc) is 2.35. The van der Waals surface area contributed by atoms with Crippen molar-refractivity contribution >= 4 is 34.5 Å². The third kappa shape index (κ3) is 3.91. The molecule has 1 rings (SSSR count). The van der Waals surface area contributed by atoms with E-state index in [1.165, 1.54) is 19.4 Å². The molecule has 17 heavy (non-hydrogen) atoms. The van der Waals surface area contributed by atoms with Crippen molar-refractivity contribution in [3.8, 4) is 0 Å². The number of pyridine rings is 1. The highest BCUT2D eigenvalue weighted by molar-refractivity contribution is 14.1. The quantitative estimate of drug-likeness (QED) is 0.497. The predicted molar refractivity (Wildman–Crippen MR) is 66.4 cm³/mol. The molecule has 0 saturated heterocycles. The van der Waals surface area contributed by atoms with E-state index in [0.717, 1.165) is 6.20 Å². The molecule has 1 atom stereocenters. The molecule has 92 valence electrons. The summed E-state index contributed by atoms with van der Waals surface area (Å²) in [6, 6.07) is 1.27. The van der Waals surface area contributed by atoms with E-state index in [9.17, 15) is 14.0 Å². The maximum absolute atomic E-state index is 13.2. The number of carbonyl (C=O) groups is 2. The van der Waals surface area contributed by atoms with Crippen molar-refractivity contribution in [1.82, 2.24) is 10.3 Å². The fraction of sp³-hybridized carbons (Fsp3) is 0.300. The van der Waals surface area contributed by atoms with E-state index >= 15 is 0 Å². The maximum Gasteiger partial charge on any atom is 0.320 e. The fourth-order valence-electron chi connectivity index (χ4n) is 1.05. The van der Waals surface area contributed by atoms with E-state index < -0.39 is 21.6 Å². The zero-order valence-electron chi connectivity index (χ0n) is 8.94. The summed E-state index contributed by atoms with van der Waals surface area (Å²) in [6.45, 7) is 0.0772. The van der Waals surface area contributed by atoms with Crippen molar-refractivity contribution in [1.29, 1.82) is 0 Å². The van der Waals surface area contributed by atoms with Crippen LogP contribution in [0.15, 0.2) is 18.5 Å². The molecule has 0 fully saturated rings. The largest absolute Gasteiger partial charge is 0.468 e. The van der Waals surface area contributed by atoms with Crippen molar-refractivity contribution < 1.29 is 18.7 Å². The zero-order valence-corrected chi connectivity index (χ0v) is 11.1. The Hall–Kier alpha value is -1.25. The Bertz CT molecular complexity index is 428. The van der Waals surface area contributed by atoms with Crippen molar-refractivity contribution in [2.45, 2.75) is 3.92 Å². The van der Waals surface area contributed by atoms with Crippen LogP contribution < -0.4 is 5.32 Å². The SMILES string of the molecule is COC(=O)C(I)CNC(=O)c1ccncc1F. The molecule has 1 N–H and O–H groups in total. The van der Waals surface area contributed by atoms with Gasteiger partial charge in [0.25, 0.3) is 5.91 Å². The standard InChI is InChI=1S/C10H10FIN2O3/c1-17-10(16)8(12)5-14-9(15)6-2-3-13-4-7(6)11/h2-4,8H,5H2,1H3,(H,14,15). The molecular weight excluding hydrogens is 342 g/mol. The van der Waals surface area contributed by atoms with Crippen LogP contribution in [0, 0.1) is 5.82 Å². The third-order valence-corrected chi connectivity index (χ3v) is 2.86. The van der Waals surface area contributed by atoms with Gasteiger partial charge >= 0.3 is 5.97 Å². The molecule has 1 aromatic heterocycles. The van der Waals surface area contributed by atoms with Gasteiger partial charge in [-0.3, -0.25) is 14.6 Å². The number of methoxy groups -OCH3 is 1. The maximum atomic E-state index is 13.2. The molecule has 0 saturated carbocycles. The molecule has 7 heteroatoms. The number of amides is 1. The van der Waals surface area contributed by atoms with Gasteiger partial charge in [-0.2, -0.15) is 0 Å². The molecule has 5 nitrogen and oxygen atoms in total. The molecule has 1 heterocycles. The van der Waals surface area contributed by atoms with Gasteiger partial charge in [0.1, 0.15) is 3.92 Å². The summed E-state index contributed by atoms with van der Waals surface area (Å²) >= 11 is 1.83. The number of alkyl halides is 1. The lowest BCUT2D eigenvalue weighted by molar-refractivity contribution is -0.139. The van der Waals surface area contributed by atoms with Gasteiger partial charge in [-0.1, -0.05) is 22.6 Å². The monoisotopic (exact) mass is 352 g/mol. The first-order valence-corrected chi connectivity index (χ1v) is 5.90. The Kier molecular flexibility index (Phi) is 5.26. The summed E-state index contributed by atoms with van der Waals surface area (Å²) in [4.78, 5) is 26.1. The van der Waals surface area contributed by atoms with E-state index in [0.29, 0.717) is 0 Å². The van der Waals surface area contributed by atoms with Crippen LogP contribution in [-0.2, 0) is 9.53 Å². The molecule has 0 bridgehead atoms. The Labute approximate surface area is 111 Å². The summed E-state index contributed by atoms with van der Waals surface area (Å²) in [6.07, 6.45) is 2.27. The molecule has 0 aliphatic heterocycles. The molecule has 1 aromatic rings. The molecule has 1 unspecified atom stereocenters. The lowest BCUT2D eigenvalue weighted by Crippen LogP contribution is -2.34. The van der Waals surface area contributed by atoms with Crippen molar-refractivity contribution in [2.24, 2.45) is 0 Å². The summed E-state index contributed by atoms with van der Waals surface area (Å²) < 4.78 is 17.2. The van der Waals surface area contributed by atoms with Crippen LogP contribution in [0.4, 0.5) is 4.39 Å². The molecule has 0 aliphatic carbocycles. The number of nitrogens with zero attached hydrogens (tertiary/aromatic N) is 1. The number of halogens is 2. The minimum absolute atomic E-state index is 0.0772. The minimum Gasteiger partial charge on any atom is -0.468 e. The van der Waals surface area contributed by atoms with E-state index in [1.54, 1.807) is 0 Å². The highest BCUT2D eigenvalue weighted by Crippen LogP contribution is 2.05. The number of hydrogen-bond acceptors (Lipinski definition) is 4. The number of rotatable bonds is 4. The molecule has 0 radical (unpaired) electrons.